The fourth-order valence-corrected chi connectivity index (χ4v) is 1.20. The van der Waals surface area contributed by atoms with Crippen molar-refractivity contribution in [2.75, 3.05) is 14.2 Å². The van der Waals surface area contributed by atoms with E-state index in [0.717, 1.165) is 0 Å². The maximum Gasteiger partial charge on any atom is 0.235 e. The van der Waals surface area contributed by atoms with Crippen molar-refractivity contribution in [1.29, 1.82) is 0 Å². The van der Waals surface area contributed by atoms with Crippen LogP contribution in [0.25, 0.3) is 0 Å². The quantitative estimate of drug-likeness (QED) is 0.562. The van der Waals surface area contributed by atoms with Crippen molar-refractivity contribution < 1.29 is 18.7 Å². The van der Waals surface area contributed by atoms with Crippen molar-refractivity contribution in [3.63, 3.8) is 0 Å². The van der Waals surface area contributed by atoms with E-state index in [0.29, 0.717) is 5.56 Å². The van der Waals surface area contributed by atoms with E-state index in [2.05, 4.69) is 4.99 Å². The highest BCUT2D eigenvalue weighted by Crippen LogP contribution is 2.30. The minimum atomic E-state index is -0.599. The van der Waals surface area contributed by atoms with Crippen molar-refractivity contribution in [3.8, 4) is 11.5 Å². The zero-order valence-corrected chi connectivity index (χ0v) is 8.41. The van der Waals surface area contributed by atoms with Gasteiger partial charge in [-0.25, -0.2) is 9.79 Å². The Morgan fingerprint density at radius 2 is 2.13 bits per heavy atom. The van der Waals surface area contributed by atoms with Crippen molar-refractivity contribution in [2.45, 2.75) is 6.54 Å². The molecule has 0 aliphatic rings. The molecule has 0 unspecified atom stereocenters. The van der Waals surface area contributed by atoms with Gasteiger partial charge in [-0.3, -0.25) is 0 Å². The van der Waals surface area contributed by atoms with Crippen LogP contribution in [0.4, 0.5) is 4.39 Å². The van der Waals surface area contributed by atoms with Crippen LogP contribution in [-0.2, 0) is 11.3 Å². The molecule has 4 nitrogen and oxygen atoms in total. The van der Waals surface area contributed by atoms with Crippen LogP contribution in [-0.4, -0.2) is 20.3 Å². The van der Waals surface area contributed by atoms with Crippen LogP contribution in [0.1, 0.15) is 5.56 Å². The zero-order chi connectivity index (χ0) is 11.3. The molecule has 1 aromatic rings. The van der Waals surface area contributed by atoms with Crippen LogP contribution >= 0.6 is 0 Å². The van der Waals surface area contributed by atoms with Gasteiger partial charge in [0.05, 0.1) is 20.8 Å². The Morgan fingerprint density at radius 1 is 1.40 bits per heavy atom. The lowest BCUT2D eigenvalue weighted by Crippen LogP contribution is -1.97. The molecule has 0 amide bonds. The fraction of sp³-hybridized carbons (Fsp3) is 0.300. The maximum absolute atomic E-state index is 13.6. The van der Waals surface area contributed by atoms with Crippen molar-refractivity contribution in [1.82, 2.24) is 0 Å². The van der Waals surface area contributed by atoms with E-state index in [4.69, 9.17) is 9.47 Å². The molecular formula is C10H10FNO3. The summed E-state index contributed by atoms with van der Waals surface area (Å²) in [5.41, 5.74) is 0.471. The Morgan fingerprint density at radius 3 is 2.67 bits per heavy atom. The van der Waals surface area contributed by atoms with Gasteiger partial charge in [0, 0.05) is 5.56 Å². The highest BCUT2D eigenvalue weighted by Gasteiger charge is 2.13. The second-order valence-corrected chi connectivity index (χ2v) is 2.68. The molecule has 0 radical (unpaired) electrons. The first-order valence-electron chi connectivity index (χ1n) is 4.17. The summed E-state index contributed by atoms with van der Waals surface area (Å²) in [7, 11) is 2.70. The van der Waals surface area contributed by atoms with Crippen LogP contribution < -0.4 is 9.47 Å². The van der Waals surface area contributed by atoms with Crippen molar-refractivity contribution in [2.24, 2.45) is 4.99 Å². The van der Waals surface area contributed by atoms with Gasteiger partial charge in [-0.05, 0) is 12.1 Å². The molecule has 0 aliphatic carbocycles. The van der Waals surface area contributed by atoms with E-state index in [9.17, 15) is 9.18 Å². The second-order valence-electron chi connectivity index (χ2n) is 2.68. The van der Waals surface area contributed by atoms with Gasteiger partial charge in [0.1, 0.15) is 0 Å². The Bertz CT molecular complexity index is 400. The number of hydrogen-bond acceptors (Lipinski definition) is 4. The number of carbonyl (C=O) groups excluding carboxylic acids is 1. The Balaban J connectivity index is 3.17. The van der Waals surface area contributed by atoms with E-state index in [1.54, 1.807) is 6.07 Å². The summed E-state index contributed by atoms with van der Waals surface area (Å²) in [6, 6.07) is 3.04. The van der Waals surface area contributed by atoms with Gasteiger partial charge >= 0.3 is 0 Å². The SMILES string of the molecule is COc1ccc(CN=C=O)c(OC)c1F. The molecule has 0 bridgehead atoms. The Kier molecular flexibility index (Phi) is 3.83. The van der Waals surface area contributed by atoms with Crippen molar-refractivity contribution in [3.05, 3.63) is 23.5 Å². The number of ether oxygens (including phenoxy) is 2. The van der Waals surface area contributed by atoms with Gasteiger partial charge < -0.3 is 9.47 Å². The number of nitrogens with zero attached hydrogens (tertiary/aromatic N) is 1. The molecule has 0 heterocycles. The van der Waals surface area contributed by atoms with Crippen LogP contribution in [0.3, 0.4) is 0 Å². The lowest BCUT2D eigenvalue weighted by Gasteiger charge is -2.09. The molecule has 0 spiro atoms. The van der Waals surface area contributed by atoms with E-state index >= 15 is 0 Å². The number of aliphatic imine (C=N–C) groups is 1. The van der Waals surface area contributed by atoms with Crippen LogP contribution in [0.5, 0.6) is 11.5 Å². The molecule has 1 rings (SSSR count). The van der Waals surface area contributed by atoms with Gasteiger partial charge in [0.2, 0.25) is 11.9 Å². The van der Waals surface area contributed by atoms with Gasteiger partial charge in [0.15, 0.2) is 11.5 Å². The highest BCUT2D eigenvalue weighted by atomic mass is 19.1. The van der Waals surface area contributed by atoms with Gasteiger partial charge in [0.25, 0.3) is 0 Å². The summed E-state index contributed by atoms with van der Waals surface area (Å²) in [4.78, 5) is 13.3. The number of halogens is 1. The molecule has 0 saturated carbocycles. The summed E-state index contributed by atoms with van der Waals surface area (Å²) in [6.07, 6.45) is 1.38. The Labute approximate surface area is 86.3 Å². The predicted octanol–water partition coefficient (Wildman–Crippen LogP) is 1.68. The van der Waals surface area contributed by atoms with E-state index in [1.807, 2.05) is 0 Å². The molecule has 0 atom stereocenters. The molecule has 0 fully saturated rings. The predicted molar refractivity (Wildman–Crippen MR) is 51.3 cm³/mol. The lowest BCUT2D eigenvalue weighted by molar-refractivity contribution is 0.347. The molecule has 0 aromatic heterocycles. The minimum Gasteiger partial charge on any atom is -0.494 e. The number of isocyanates is 1. The van der Waals surface area contributed by atoms with E-state index in [-0.39, 0.29) is 18.0 Å². The smallest absolute Gasteiger partial charge is 0.235 e. The first-order chi connectivity index (χ1) is 7.24. The van der Waals surface area contributed by atoms with E-state index in [1.165, 1.54) is 26.4 Å². The molecule has 15 heavy (non-hydrogen) atoms. The third kappa shape index (κ3) is 2.33. The number of hydrogen-bond donors (Lipinski definition) is 0. The van der Waals surface area contributed by atoms with Crippen LogP contribution in [0, 0.1) is 5.82 Å². The largest absolute Gasteiger partial charge is 0.494 e. The number of methoxy groups -OCH3 is 2. The maximum atomic E-state index is 13.6. The third-order valence-electron chi connectivity index (χ3n) is 1.88. The monoisotopic (exact) mass is 211 g/mol. The summed E-state index contributed by atoms with van der Waals surface area (Å²) < 4.78 is 23.2. The van der Waals surface area contributed by atoms with Crippen molar-refractivity contribution >= 4 is 6.08 Å². The van der Waals surface area contributed by atoms with Crippen LogP contribution in [0.2, 0.25) is 0 Å². The molecule has 80 valence electrons. The summed E-state index contributed by atoms with van der Waals surface area (Å²) in [6.45, 7) is 0.0353. The van der Waals surface area contributed by atoms with Gasteiger partial charge in [-0.2, -0.15) is 4.39 Å². The molecule has 0 aliphatic heterocycles. The lowest BCUT2D eigenvalue weighted by atomic mass is 10.2. The number of rotatable bonds is 4. The summed E-state index contributed by atoms with van der Waals surface area (Å²) in [5.74, 6) is -0.474. The average molecular weight is 211 g/mol. The van der Waals surface area contributed by atoms with Gasteiger partial charge in [-0.15, -0.1) is 0 Å². The van der Waals surface area contributed by atoms with Gasteiger partial charge in [-0.1, -0.05) is 0 Å². The summed E-state index contributed by atoms with van der Waals surface area (Å²) >= 11 is 0. The topological polar surface area (TPSA) is 47.9 Å². The molecule has 5 heteroatoms. The first kappa shape index (κ1) is 11.2. The fourth-order valence-electron chi connectivity index (χ4n) is 1.20. The summed E-state index contributed by atoms with van der Waals surface area (Å²) in [5, 5.41) is 0. The standard InChI is InChI=1S/C10H10FNO3/c1-14-8-4-3-7(5-12-6-13)10(15-2)9(8)11/h3-4H,5H2,1-2H3. The molecule has 1 aromatic carbocycles. The molecular weight excluding hydrogens is 201 g/mol. The molecule has 0 saturated heterocycles. The normalized spacial score (nSPS) is 9.27. The first-order valence-corrected chi connectivity index (χ1v) is 4.17. The third-order valence-corrected chi connectivity index (χ3v) is 1.88. The molecule has 0 N–H and O–H groups in total. The number of benzene rings is 1. The zero-order valence-electron chi connectivity index (χ0n) is 8.41. The van der Waals surface area contributed by atoms with Crippen LogP contribution in [0.15, 0.2) is 17.1 Å². The average Bonchev–Trinajstić information content (AvgIpc) is 2.26. The Hall–Kier alpha value is -1.87. The van der Waals surface area contributed by atoms with E-state index < -0.39 is 5.82 Å². The second kappa shape index (κ2) is 5.12. The minimum absolute atomic E-state index is 0.0353. The highest BCUT2D eigenvalue weighted by molar-refractivity contribution is 5.43.